The second-order valence-corrected chi connectivity index (χ2v) is 4.68. The summed E-state index contributed by atoms with van der Waals surface area (Å²) in [4.78, 5) is 13.4. The topological polar surface area (TPSA) is 55.6 Å². The normalized spacial score (nSPS) is 23.6. The van der Waals surface area contributed by atoms with Crippen LogP contribution in [0.1, 0.15) is 33.6 Å². The van der Waals surface area contributed by atoms with Crippen LogP contribution in [0.3, 0.4) is 0 Å². The maximum Gasteiger partial charge on any atom is 0.410 e. The van der Waals surface area contributed by atoms with E-state index in [2.05, 4.69) is 0 Å². The minimum absolute atomic E-state index is 0.183. The minimum atomic E-state index is -0.206. The molecule has 0 saturated carbocycles. The number of amides is 1. The van der Waals surface area contributed by atoms with Gasteiger partial charge in [0.1, 0.15) is 0 Å². The summed E-state index contributed by atoms with van der Waals surface area (Å²) >= 11 is 0. The molecule has 1 saturated heterocycles. The van der Waals surface area contributed by atoms with Gasteiger partial charge < -0.3 is 15.4 Å². The number of carbonyl (C=O) groups is 1. The molecule has 1 aliphatic heterocycles. The highest BCUT2D eigenvalue weighted by Crippen LogP contribution is 2.25. The number of cyclic esters (lactones) is 1. The molecule has 1 amide bonds. The number of hydrogen-bond acceptors (Lipinski definition) is 3. The van der Waals surface area contributed by atoms with Gasteiger partial charge in [0.05, 0.1) is 6.61 Å². The molecule has 0 spiro atoms. The SMILES string of the molecule is CC(C)(C)N1C(=O)OCCC1CCN. The largest absolute Gasteiger partial charge is 0.449 e. The zero-order valence-corrected chi connectivity index (χ0v) is 9.25. The lowest BCUT2D eigenvalue weighted by Gasteiger charge is -2.43. The highest BCUT2D eigenvalue weighted by Gasteiger charge is 2.36. The van der Waals surface area contributed by atoms with Crippen molar-refractivity contribution in [3.63, 3.8) is 0 Å². The van der Waals surface area contributed by atoms with Crippen LogP contribution in [0.15, 0.2) is 0 Å². The van der Waals surface area contributed by atoms with Gasteiger partial charge in [0.15, 0.2) is 0 Å². The Labute approximate surface area is 85.4 Å². The van der Waals surface area contributed by atoms with Gasteiger partial charge in [-0.05, 0) is 33.7 Å². The predicted molar refractivity (Wildman–Crippen MR) is 55.0 cm³/mol. The Morgan fingerprint density at radius 2 is 2.21 bits per heavy atom. The number of nitrogens with two attached hydrogens (primary N) is 1. The summed E-state index contributed by atoms with van der Waals surface area (Å²) in [6.07, 6.45) is 1.54. The molecular formula is C10H20N2O2. The Morgan fingerprint density at radius 3 is 2.71 bits per heavy atom. The van der Waals surface area contributed by atoms with Crippen molar-refractivity contribution in [3.05, 3.63) is 0 Å². The van der Waals surface area contributed by atoms with Gasteiger partial charge in [0.2, 0.25) is 0 Å². The van der Waals surface area contributed by atoms with Gasteiger partial charge in [-0.1, -0.05) is 0 Å². The van der Waals surface area contributed by atoms with E-state index in [1.54, 1.807) is 0 Å². The van der Waals surface area contributed by atoms with Gasteiger partial charge in [0.25, 0.3) is 0 Å². The molecule has 0 aromatic rings. The first kappa shape index (κ1) is 11.3. The summed E-state index contributed by atoms with van der Waals surface area (Å²) in [5.74, 6) is 0. The van der Waals surface area contributed by atoms with E-state index in [1.807, 2.05) is 25.7 Å². The van der Waals surface area contributed by atoms with Gasteiger partial charge in [-0.25, -0.2) is 4.79 Å². The molecule has 2 N–H and O–H groups in total. The highest BCUT2D eigenvalue weighted by atomic mass is 16.6. The smallest absolute Gasteiger partial charge is 0.410 e. The average Bonchev–Trinajstić information content (AvgIpc) is 2.02. The summed E-state index contributed by atoms with van der Waals surface area (Å²) in [7, 11) is 0. The maximum absolute atomic E-state index is 11.6. The number of rotatable bonds is 2. The van der Waals surface area contributed by atoms with Gasteiger partial charge in [-0.15, -0.1) is 0 Å². The van der Waals surface area contributed by atoms with Crippen molar-refractivity contribution < 1.29 is 9.53 Å². The van der Waals surface area contributed by atoms with E-state index < -0.39 is 0 Å². The zero-order valence-electron chi connectivity index (χ0n) is 9.25. The van der Waals surface area contributed by atoms with Crippen LogP contribution < -0.4 is 5.73 Å². The number of carbonyl (C=O) groups excluding carboxylic acids is 1. The quantitative estimate of drug-likeness (QED) is 0.732. The number of nitrogens with zero attached hydrogens (tertiary/aromatic N) is 1. The van der Waals surface area contributed by atoms with Gasteiger partial charge >= 0.3 is 6.09 Å². The van der Waals surface area contributed by atoms with Gasteiger partial charge in [-0.3, -0.25) is 0 Å². The van der Waals surface area contributed by atoms with Crippen LogP contribution in [0, 0.1) is 0 Å². The summed E-state index contributed by atoms with van der Waals surface area (Å²) in [5, 5.41) is 0. The molecule has 1 aliphatic rings. The van der Waals surface area contributed by atoms with Crippen molar-refractivity contribution in [2.45, 2.75) is 45.2 Å². The monoisotopic (exact) mass is 200 g/mol. The van der Waals surface area contributed by atoms with E-state index in [0.29, 0.717) is 13.2 Å². The molecule has 1 unspecified atom stereocenters. The fraction of sp³-hybridized carbons (Fsp3) is 0.900. The van der Waals surface area contributed by atoms with Crippen LogP contribution in [-0.4, -0.2) is 35.7 Å². The third kappa shape index (κ3) is 2.38. The molecule has 4 nitrogen and oxygen atoms in total. The Hall–Kier alpha value is -0.770. The average molecular weight is 200 g/mol. The highest BCUT2D eigenvalue weighted by molar-refractivity contribution is 5.69. The van der Waals surface area contributed by atoms with Gasteiger partial charge in [0, 0.05) is 18.0 Å². The molecule has 0 aliphatic carbocycles. The summed E-state index contributed by atoms with van der Waals surface area (Å²) < 4.78 is 5.04. The van der Waals surface area contributed by atoms with Crippen LogP contribution >= 0.6 is 0 Å². The molecule has 1 atom stereocenters. The molecule has 1 fully saturated rings. The van der Waals surface area contributed by atoms with Crippen molar-refractivity contribution in [2.75, 3.05) is 13.2 Å². The number of ether oxygens (including phenoxy) is 1. The lowest BCUT2D eigenvalue weighted by molar-refractivity contribution is 0.00244. The molecule has 4 heteroatoms. The first-order chi connectivity index (χ1) is 6.46. The molecule has 0 bridgehead atoms. The van der Waals surface area contributed by atoms with Crippen molar-refractivity contribution in [2.24, 2.45) is 5.73 Å². The minimum Gasteiger partial charge on any atom is -0.449 e. The zero-order chi connectivity index (χ0) is 10.8. The van der Waals surface area contributed by atoms with E-state index in [4.69, 9.17) is 10.5 Å². The molecule has 14 heavy (non-hydrogen) atoms. The van der Waals surface area contributed by atoms with E-state index in [9.17, 15) is 4.79 Å². The van der Waals surface area contributed by atoms with Crippen LogP contribution in [0.4, 0.5) is 4.79 Å². The van der Waals surface area contributed by atoms with E-state index in [0.717, 1.165) is 12.8 Å². The first-order valence-electron chi connectivity index (χ1n) is 5.13. The molecular weight excluding hydrogens is 180 g/mol. The van der Waals surface area contributed by atoms with E-state index >= 15 is 0 Å². The van der Waals surface area contributed by atoms with Crippen molar-refractivity contribution in [1.82, 2.24) is 4.90 Å². The lowest BCUT2D eigenvalue weighted by Crippen LogP contribution is -2.55. The van der Waals surface area contributed by atoms with Crippen molar-refractivity contribution >= 4 is 6.09 Å². The Morgan fingerprint density at radius 1 is 1.57 bits per heavy atom. The first-order valence-corrected chi connectivity index (χ1v) is 5.13. The molecule has 1 heterocycles. The predicted octanol–water partition coefficient (Wildman–Crippen LogP) is 1.34. The summed E-state index contributed by atoms with van der Waals surface area (Å²) in [5.41, 5.74) is 5.35. The van der Waals surface area contributed by atoms with Crippen LogP contribution in [-0.2, 0) is 4.74 Å². The van der Waals surface area contributed by atoms with Crippen LogP contribution in [0.2, 0.25) is 0 Å². The van der Waals surface area contributed by atoms with Crippen molar-refractivity contribution in [1.29, 1.82) is 0 Å². The third-order valence-electron chi connectivity index (χ3n) is 2.46. The Kier molecular flexibility index (Phi) is 3.37. The molecule has 0 aromatic heterocycles. The summed E-state index contributed by atoms with van der Waals surface area (Å²) in [6, 6.07) is 0.237. The standard InChI is InChI=1S/C10H20N2O2/c1-10(2,3)12-8(4-6-11)5-7-14-9(12)13/h8H,4-7,11H2,1-3H3. The van der Waals surface area contributed by atoms with Crippen LogP contribution in [0.5, 0.6) is 0 Å². The second kappa shape index (κ2) is 4.17. The second-order valence-electron chi connectivity index (χ2n) is 4.68. The third-order valence-corrected chi connectivity index (χ3v) is 2.46. The Balaban J connectivity index is 2.76. The van der Waals surface area contributed by atoms with E-state index in [-0.39, 0.29) is 17.7 Å². The Bertz CT molecular complexity index is 209. The van der Waals surface area contributed by atoms with Crippen LogP contribution in [0.25, 0.3) is 0 Å². The molecule has 1 rings (SSSR count). The molecule has 0 aromatic carbocycles. The fourth-order valence-electron chi connectivity index (χ4n) is 1.92. The summed E-state index contributed by atoms with van der Waals surface area (Å²) in [6.45, 7) is 7.19. The molecule has 0 radical (unpaired) electrons. The number of hydrogen-bond donors (Lipinski definition) is 1. The van der Waals surface area contributed by atoms with Crippen molar-refractivity contribution in [3.8, 4) is 0 Å². The van der Waals surface area contributed by atoms with Gasteiger partial charge in [-0.2, -0.15) is 0 Å². The molecule has 82 valence electrons. The van der Waals surface area contributed by atoms with E-state index in [1.165, 1.54) is 0 Å². The lowest BCUT2D eigenvalue weighted by atomic mass is 9.99. The fourth-order valence-corrected chi connectivity index (χ4v) is 1.92. The maximum atomic E-state index is 11.6.